The summed E-state index contributed by atoms with van der Waals surface area (Å²) >= 11 is 0. The molecule has 1 aliphatic rings. The van der Waals surface area contributed by atoms with Crippen molar-refractivity contribution in [3.63, 3.8) is 0 Å². The number of hydrogen-bond donors (Lipinski definition) is 1. The quantitative estimate of drug-likeness (QED) is 0.885. The lowest BCUT2D eigenvalue weighted by Gasteiger charge is -2.20. The maximum Gasteiger partial charge on any atom is 0.311 e. The minimum absolute atomic E-state index is 0.0942. The van der Waals surface area contributed by atoms with Gasteiger partial charge in [0.2, 0.25) is 0 Å². The van der Waals surface area contributed by atoms with E-state index in [9.17, 15) is 14.7 Å². The van der Waals surface area contributed by atoms with Crippen LogP contribution in [0, 0.1) is 19.3 Å². The fraction of sp³-hybridized carbons (Fsp3) is 0.643. The van der Waals surface area contributed by atoms with E-state index in [1.165, 1.54) is 0 Å². The van der Waals surface area contributed by atoms with Gasteiger partial charge in [-0.1, -0.05) is 0 Å². The zero-order chi connectivity index (χ0) is 15.8. The van der Waals surface area contributed by atoms with Gasteiger partial charge in [0.05, 0.1) is 11.1 Å². The predicted molar refractivity (Wildman–Crippen MR) is 75.1 cm³/mol. The third-order valence-corrected chi connectivity index (χ3v) is 4.12. The fourth-order valence-corrected chi connectivity index (χ4v) is 2.54. The molecule has 0 saturated carbocycles. The van der Waals surface area contributed by atoms with Gasteiger partial charge in [-0.3, -0.25) is 14.3 Å². The van der Waals surface area contributed by atoms with E-state index in [-0.39, 0.29) is 19.1 Å². The Bertz CT molecular complexity index is 581. The third-order valence-electron chi connectivity index (χ3n) is 4.12. The molecule has 1 aromatic heterocycles. The molecular formula is C14H21N3O4. The van der Waals surface area contributed by atoms with Crippen LogP contribution in [0.5, 0.6) is 5.75 Å². The number of aryl methyl sites for hydroxylation is 2. The highest BCUT2D eigenvalue weighted by Crippen LogP contribution is 2.30. The van der Waals surface area contributed by atoms with Crippen LogP contribution in [-0.4, -0.2) is 51.4 Å². The highest BCUT2D eigenvalue weighted by atomic mass is 16.5. The Morgan fingerprint density at radius 1 is 1.43 bits per heavy atom. The van der Waals surface area contributed by atoms with E-state index in [1.54, 1.807) is 16.5 Å². The lowest BCUT2D eigenvalue weighted by atomic mass is 9.90. The molecule has 1 N–H and O–H groups in total. The average molecular weight is 295 g/mol. The first kappa shape index (κ1) is 15.3. The molecule has 7 heteroatoms. The van der Waals surface area contributed by atoms with Gasteiger partial charge in [-0.15, -0.1) is 0 Å². The molecule has 1 aliphatic heterocycles. The number of ether oxygens (including phenoxy) is 1. The van der Waals surface area contributed by atoms with Gasteiger partial charge in [-0.05, 0) is 27.2 Å². The van der Waals surface area contributed by atoms with E-state index in [0.29, 0.717) is 18.7 Å². The van der Waals surface area contributed by atoms with Gasteiger partial charge in [0.25, 0.3) is 5.91 Å². The van der Waals surface area contributed by atoms with Crippen molar-refractivity contribution < 1.29 is 19.4 Å². The summed E-state index contributed by atoms with van der Waals surface area (Å²) in [6.07, 6.45) is 0.471. The number of carbonyl (C=O) groups excluding carboxylic acids is 1. The number of carboxylic acid groups (broad SMARTS) is 1. The predicted octanol–water partition coefficient (Wildman–Crippen LogP) is 0.739. The fourth-order valence-electron chi connectivity index (χ4n) is 2.54. The van der Waals surface area contributed by atoms with Crippen LogP contribution in [0.25, 0.3) is 0 Å². The molecule has 0 aliphatic carbocycles. The first-order valence-electron chi connectivity index (χ1n) is 6.89. The second kappa shape index (κ2) is 5.38. The zero-order valence-electron chi connectivity index (χ0n) is 12.8. The topological polar surface area (TPSA) is 84.7 Å². The Morgan fingerprint density at radius 2 is 2.10 bits per heavy atom. The van der Waals surface area contributed by atoms with E-state index in [1.807, 2.05) is 20.9 Å². The highest BCUT2D eigenvalue weighted by Gasteiger charge is 2.42. The van der Waals surface area contributed by atoms with E-state index < -0.39 is 11.4 Å². The average Bonchev–Trinajstić information content (AvgIpc) is 2.91. The summed E-state index contributed by atoms with van der Waals surface area (Å²) in [6, 6.07) is 0. The van der Waals surface area contributed by atoms with Gasteiger partial charge in [0.1, 0.15) is 5.69 Å². The van der Waals surface area contributed by atoms with Crippen LogP contribution in [0.1, 0.15) is 24.7 Å². The lowest BCUT2D eigenvalue weighted by molar-refractivity contribution is -0.147. The van der Waals surface area contributed by atoms with Crippen molar-refractivity contribution in [2.45, 2.75) is 27.2 Å². The normalized spacial score (nSPS) is 21.6. The number of nitrogens with zero attached hydrogens (tertiary/aromatic N) is 3. The van der Waals surface area contributed by atoms with Crippen LogP contribution >= 0.6 is 0 Å². The second-order valence-electron chi connectivity index (χ2n) is 5.84. The Labute approximate surface area is 123 Å². The van der Waals surface area contributed by atoms with E-state index in [0.717, 1.165) is 11.4 Å². The lowest BCUT2D eigenvalue weighted by Crippen LogP contribution is -2.37. The third kappa shape index (κ3) is 2.86. The van der Waals surface area contributed by atoms with Crippen molar-refractivity contribution in [2.24, 2.45) is 12.5 Å². The van der Waals surface area contributed by atoms with Crippen molar-refractivity contribution in [1.82, 2.24) is 14.7 Å². The Hall–Kier alpha value is -2.05. The summed E-state index contributed by atoms with van der Waals surface area (Å²) in [6.45, 7) is 5.95. The first-order chi connectivity index (χ1) is 9.74. The maximum atomic E-state index is 12.1. The summed E-state index contributed by atoms with van der Waals surface area (Å²) in [4.78, 5) is 24.9. The number of aromatic nitrogens is 2. The van der Waals surface area contributed by atoms with Gasteiger partial charge in [-0.2, -0.15) is 5.10 Å². The summed E-state index contributed by atoms with van der Waals surface area (Å²) in [5.74, 6) is -0.439. The zero-order valence-corrected chi connectivity index (χ0v) is 12.8. The molecule has 7 nitrogen and oxygen atoms in total. The van der Waals surface area contributed by atoms with E-state index >= 15 is 0 Å². The molecule has 21 heavy (non-hydrogen) atoms. The van der Waals surface area contributed by atoms with Crippen LogP contribution in [0.4, 0.5) is 0 Å². The molecule has 0 radical (unpaired) electrons. The Kier molecular flexibility index (Phi) is 3.93. The monoisotopic (exact) mass is 295 g/mol. The van der Waals surface area contributed by atoms with Crippen LogP contribution in [0.2, 0.25) is 0 Å². The summed E-state index contributed by atoms with van der Waals surface area (Å²) < 4.78 is 7.27. The minimum Gasteiger partial charge on any atom is -0.481 e. The number of likely N-dealkylation sites (tertiary alicyclic amines) is 1. The number of amides is 1. The van der Waals surface area contributed by atoms with Crippen LogP contribution < -0.4 is 4.74 Å². The Balaban J connectivity index is 1.96. The molecule has 2 rings (SSSR count). The summed E-state index contributed by atoms with van der Waals surface area (Å²) in [5, 5.41) is 13.4. The molecule has 0 unspecified atom stereocenters. The molecule has 1 aromatic rings. The van der Waals surface area contributed by atoms with Crippen molar-refractivity contribution in [3.05, 3.63) is 11.4 Å². The molecule has 1 fully saturated rings. The van der Waals surface area contributed by atoms with E-state index in [4.69, 9.17) is 4.74 Å². The summed E-state index contributed by atoms with van der Waals surface area (Å²) in [5.41, 5.74) is 0.743. The molecule has 0 aromatic carbocycles. The van der Waals surface area contributed by atoms with Crippen LogP contribution in [0.3, 0.4) is 0 Å². The molecule has 0 bridgehead atoms. The molecular weight excluding hydrogens is 274 g/mol. The Morgan fingerprint density at radius 3 is 2.57 bits per heavy atom. The van der Waals surface area contributed by atoms with Crippen molar-refractivity contribution in [2.75, 3.05) is 19.7 Å². The first-order valence-corrected chi connectivity index (χ1v) is 6.89. The molecule has 1 saturated heterocycles. The van der Waals surface area contributed by atoms with Crippen LogP contribution in [-0.2, 0) is 16.6 Å². The molecule has 0 spiro atoms. The largest absolute Gasteiger partial charge is 0.481 e. The summed E-state index contributed by atoms with van der Waals surface area (Å²) in [7, 11) is 1.82. The van der Waals surface area contributed by atoms with Gasteiger partial charge in [-0.25, -0.2) is 0 Å². The van der Waals surface area contributed by atoms with Crippen LogP contribution in [0.15, 0.2) is 0 Å². The standard InChI is InChI=1S/C14H21N3O4/c1-9-12(10(2)16(4)15-9)21-7-11(18)17-6-5-14(3,8-17)13(19)20/h5-8H2,1-4H3,(H,19,20)/t14-/m0/s1. The number of carboxylic acids is 1. The number of hydrogen-bond acceptors (Lipinski definition) is 4. The molecule has 2 heterocycles. The van der Waals surface area contributed by atoms with Crippen molar-refractivity contribution >= 4 is 11.9 Å². The van der Waals surface area contributed by atoms with Gasteiger partial charge in [0, 0.05) is 20.1 Å². The highest BCUT2D eigenvalue weighted by molar-refractivity contribution is 5.81. The number of rotatable bonds is 4. The smallest absolute Gasteiger partial charge is 0.311 e. The van der Waals surface area contributed by atoms with E-state index in [2.05, 4.69) is 5.10 Å². The SMILES string of the molecule is Cc1nn(C)c(C)c1OCC(=O)N1CC[C@](C)(C(=O)O)C1. The van der Waals surface area contributed by atoms with Gasteiger partial charge >= 0.3 is 5.97 Å². The molecule has 1 atom stereocenters. The molecule has 1 amide bonds. The maximum absolute atomic E-state index is 12.1. The van der Waals surface area contributed by atoms with Gasteiger partial charge in [0.15, 0.2) is 12.4 Å². The number of aliphatic carboxylic acids is 1. The molecule has 116 valence electrons. The van der Waals surface area contributed by atoms with Crippen molar-refractivity contribution in [1.29, 1.82) is 0 Å². The minimum atomic E-state index is -0.863. The van der Waals surface area contributed by atoms with Crippen molar-refractivity contribution in [3.8, 4) is 5.75 Å². The number of carbonyl (C=O) groups is 2. The second-order valence-corrected chi connectivity index (χ2v) is 5.84. The van der Waals surface area contributed by atoms with Gasteiger partial charge < -0.3 is 14.7 Å².